The molecule has 1 N–H and O–H groups in total. The highest BCUT2D eigenvalue weighted by Crippen LogP contribution is 2.31. The summed E-state index contributed by atoms with van der Waals surface area (Å²) in [6.45, 7) is 11.2. The maximum atomic E-state index is 12.4. The number of piperazine rings is 1. The second-order valence-electron chi connectivity index (χ2n) is 5.98. The van der Waals surface area contributed by atoms with Crippen molar-refractivity contribution in [3.63, 3.8) is 0 Å². The fourth-order valence-corrected chi connectivity index (χ4v) is 2.77. The molecule has 1 rings (SSSR count). The fourth-order valence-electron chi connectivity index (χ4n) is 2.77. The Balaban J connectivity index is 2.61. The van der Waals surface area contributed by atoms with Crippen LogP contribution in [-0.4, -0.2) is 59.0 Å². The Morgan fingerprint density at radius 1 is 1.10 bits per heavy atom. The van der Waals surface area contributed by atoms with Gasteiger partial charge in [-0.3, -0.25) is 14.5 Å². The van der Waals surface area contributed by atoms with Gasteiger partial charge in [-0.1, -0.05) is 13.8 Å². The Kier molecular flexibility index (Phi) is 5.99. The van der Waals surface area contributed by atoms with Gasteiger partial charge in [-0.15, -0.1) is 0 Å². The zero-order valence-electron chi connectivity index (χ0n) is 13.2. The number of aliphatic carboxylic acids is 1. The summed E-state index contributed by atoms with van der Waals surface area (Å²) >= 11 is 0. The van der Waals surface area contributed by atoms with Crippen LogP contribution in [0.2, 0.25) is 0 Å². The number of hydrogen-bond donors (Lipinski definition) is 1. The average molecular weight is 284 g/mol. The zero-order valence-corrected chi connectivity index (χ0v) is 13.2. The lowest BCUT2D eigenvalue weighted by atomic mass is 9.79. The maximum Gasteiger partial charge on any atom is 0.310 e. The first-order valence-corrected chi connectivity index (χ1v) is 7.61. The second-order valence-corrected chi connectivity index (χ2v) is 5.98. The SMILES string of the molecule is CCC(CC)(CC(=O)N1CCN(C(C)C)CC1)C(=O)O. The Bertz CT molecular complexity index is 343. The molecule has 1 fully saturated rings. The summed E-state index contributed by atoms with van der Waals surface area (Å²) in [4.78, 5) is 28.0. The Morgan fingerprint density at radius 2 is 1.60 bits per heavy atom. The number of carboxylic acids is 1. The van der Waals surface area contributed by atoms with Crippen molar-refractivity contribution in [3.05, 3.63) is 0 Å². The van der Waals surface area contributed by atoms with Crippen molar-refractivity contribution in [1.29, 1.82) is 0 Å². The second kappa shape index (κ2) is 7.07. The van der Waals surface area contributed by atoms with Gasteiger partial charge in [0.2, 0.25) is 5.91 Å². The molecular weight excluding hydrogens is 256 g/mol. The van der Waals surface area contributed by atoms with Crippen LogP contribution in [0.15, 0.2) is 0 Å². The van der Waals surface area contributed by atoms with E-state index in [2.05, 4.69) is 18.7 Å². The zero-order chi connectivity index (χ0) is 15.3. The molecule has 0 unspecified atom stereocenters. The first-order chi connectivity index (χ1) is 9.36. The number of hydrogen-bond acceptors (Lipinski definition) is 3. The smallest absolute Gasteiger partial charge is 0.310 e. The van der Waals surface area contributed by atoms with Crippen LogP contribution in [-0.2, 0) is 9.59 Å². The molecule has 0 saturated carbocycles. The molecule has 116 valence electrons. The maximum absolute atomic E-state index is 12.4. The van der Waals surface area contributed by atoms with Crippen molar-refractivity contribution in [3.8, 4) is 0 Å². The molecule has 1 aliphatic heterocycles. The van der Waals surface area contributed by atoms with E-state index in [0.29, 0.717) is 32.0 Å². The summed E-state index contributed by atoms with van der Waals surface area (Å²) in [5, 5.41) is 9.41. The first kappa shape index (κ1) is 17.0. The van der Waals surface area contributed by atoms with Crippen molar-refractivity contribution in [1.82, 2.24) is 9.80 Å². The van der Waals surface area contributed by atoms with E-state index in [1.165, 1.54) is 0 Å². The number of carbonyl (C=O) groups is 2. The summed E-state index contributed by atoms with van der Waals surface area (Å²) in [6, 6.07) is 0.497. The molecule has 0 aliphatic carbocycles. The standard InChI is InChI=1S/C15H28N2O3/c1-5-15(6-2,14(19)20)11-13(18)17-9-7-16(8-10-17)12(3)4/h12H,5-11H2,1-4H3,(H,19,20). The third-order valence-corrected chi connectivity index (χ3v) is 4.69. The van der Waals surface area contributed by atoms with Gasteiger partial charge in [-0.2, -0.15) is 0 Å². The summed E-state index contributed by atoms with van der Waals surface area (Å²) in [5.41, 5.74) is -0.897. The largest absolute Gasteiger partial charge is 0.481 e. The molecule has 0 aromatic heterocycles. The van der Waals surface area contributed by atoms with Crippen LogP contribution < -0.4 is 0 Å². The van der Waals surface area contributed by atoms with Gasteiger partial charge in [0.25, 0.3) is 0 Å². The number of nitrogens with zero attached hydrogens (tertiary/aromatic N) is 2. The van der Waals surface area contributed by atoms with Gasteiger partial charge in [-0.05, 0) is 26.7 Å². The summed E-state index contributed by atoms with van der Waals surface area (Å²) in [6.07, 6.45) is 1.12. The molecule has 0 aromatic rings. The number of amides is 1. The van der Waals surface area contributed by atoms with E-state index in [1.807, 2.05) is 18.7 Å². The number of carbonyl (C=O) groups excluding carboxylic acids is 1. The lowest BCUT2D eigenvalue weighted by molar-refractivity contribution is -0.154. The van der Waals surface area contributed by atoms with Crippen LogP contribution >= 0.6 is 0 Å². The molecule has 0 atom stereocenters. The quantitative estimate of drug-likeness (QED) is 0.808. The van der Waals surface area contributed by atoms with Gasteiger partial charge in [0.15, 0.2) is 0 Å². The van der Waals surface area contributed by atoms with Gasteiger partial charge in [0.05, 0.1) is 5.41 Å². The van der Waals surface area contributed by atoms with Gasteiger partial charge < -0.3 is 10.0 Å². The minimum absolute atomic E-state index is 0.0143. The normalized spacial score (nSPS) is 17.6. The molecular formula is C15H28N2O3. The van der Waals surface area contributed by atoms with E-state index in [0.717, 1.165) is 13.1 Å². The minimum atomic E-state index is -0.897. The molecule has 1 saturated heterocycles. The molecule has 5 heteroatoms. The van der Waals surface area contributed by atoms with Crippen LogP contribution in [0.4, 0.5) is 0 Å². The van der Waals surface area contributed by atoms with E-state index in [4.69, 9.17) is 0 Å². The van der Waals surface area contributed by atoms with Crippen LogP contribution in [0.3, 0.4) is 0 Å². The first-order valence-electron chi connectivity index (χ1n) is 7.61. The summed E-state index contributed by atoms with van der Waals surface area (Å²) in [5.74, 6) is -0.865. The van der Waals surface area contributed by atoms with E-state index in [1.54, 1.807) is 0 Å². The van der Waals surface area contributed by atoms with E-state index in [9.17, 15) is 14.7 Å². The Morgan fingerprint density at radius 3 is 1.95 bits per heavy atom. The number of carboxylic acid groups (broad SMARTS) is 1. The minimum Gasteiger partial charge on any atom is -0.481 e. The highest BCUT2D eigenvalue weighted by atomic mass is 16.4. The lowest BCUT2D eigenvalue weighted by Crippen LogP contribution is -2.51. The van der Waals surface area contributed by atoms with Crippen LogP contribution in [0, 0.1) is 5.41 Å². The molecule has 1 aliphatic rings. The van der Waals surface area contributed by atoms with Gasteiger partial charge in [-0.25, -0.2) is 0 Å². The lowest BCUT2D eigenvalue weighted by Gasteiger charge is -2.38. The van der Waals surface area contributed by atoms with Gasteiger partial charge in [0.1, 0.15) is 0 Å². The molecule has 0 bridgehead atoms. The van der Waals surface area contributed by atoms with Gasteiger partial charge >= 0.3 is 5.97 Å². The predicted molar refractivity (Wildman–Crippen MR) is 78.6 cm³/mol. The van der Waals surface area contributed by atoms with E-state index in [-0.39, 0.29) is 12.3 Å². The molecule has 0 radical (unpaired) electrons. The van der Waals surface area contributed by atoms with Crippen molar-refractivity contribution in [2.45, 2.75) is 53.0 Å². The average Bonchev–Trinajstić information content (AvgIpc) is 2.44. The molecule has 0 spiro atoms. The highest BCUT2D eigenvalue weighted by Gasteiger charge is 2.38. The van der Waals surface area contributed by atoms with E-state index >= 15 is 0 Å². The monoisotopic (exact) mass is 284 g/mol. The number of rotatable bonds is 6. The topological polar surface area (TPSA) is 60.9 Å². The van der Waals surface area contributed by atoms with E-state index < -0.39 is 11.4 Å². The van der Waals surface area contributed by atoms with Crippen molar-refractivity contribution >= 4 is 11.9 Å². The van der Waals surface area contributed by atoms with Gasteiger partial charge in [0, 0.05) is 38.6 Å². The Labute approximate surface area is 121 Å². The van der Waals surface area contributed by atoms with Crippen LogP contribution in [0.25, 0.3) is 0 Å². The van der Waals surface area contributed by atoms with Crippen LogP contribution in [0.1, 0.15) is 47.0 Å². The summed E-state index contributed by atoms with van der Waals surface area (Å²) in [7, 11) is 0. The third-order valence-electron chi connectivity index (χ3n) is 4.69. The molecule has 5 nitrogen and oxygen atoms in total. The summed E-state index contributed by atoms with van der Waals surface area (Å²) < 4.78 is 0. The molecule has 1 amide bonds. The Hall–Kier alpha value is -1.10. The van der Waals surface area contributed by atoms with Crippen LogP contribution in [0.5, 0.6) is 0 Å². The van der Waals surface area contributed by atoms with Crippen molar-refractivity contribution in [2.24, 2.45) is 5.41 Å². The highest BCUT2D eigenvalue weighted by molar-refractivity contribution is 5.85. The fraction of sp³-hybridized carbons (Fsp3) is 0.867. The molecule has 20 heavy (non-hydrogen) atoms. The molecule has 1 heterocycles. The molecule has 0 aromatic carbocycles. The van der Waals surface area contributed by atoms with Crippen molar-refractivity contribution < 1.29 is 14.7 Å². The predicted octanol–water partition coefficient (Wildman–Crippen LogP) is 1.82. The third kappa shape index (κ3) is 3.72. The van der Waals surface area contributed by atoms with Crippen molar-refractivity contribution in [2.75, 3.05) is 26.2 Å².